The van der Waals surface area contributed by atoms with Crippen LogP contribution in [-0.2, 0) is 9.59 Å². The number of anilines is 2. The Balaban J connectivity index is 1.96. The third-order valence-electron chi connectivity index (χ3n) is 3.92. The number of nitrogens with one attached hydrogen (secondary N) is 2. The van der Waals surface area contributed by atoms with E-state index in [0.29, 0.717) is 0 Å². The minimum Gasteiger partial charge on any atom is -0.374 e. The van der Waals surface area contributed by atoms with Gasteiger partial charge >= 0.3 is 0 Å². The number of nitrogens with zero attached hydrogens (tertiary/aromatic N) is 1. The van der Waals surface area contributed by atoms with Gasteiger partial charge in [-0.25, -0.2) is 0 Å². The summed E-state index contributed by atoms with van der Waals surface area (Å²) < 4.78 is 1.00. The fourth-order valence-electron chi connectivity index (χ4n) is 2.39. The van der Waals surface area contributed by atoms with Crippen molar-refractivity contribution in [3.63, 3.8) is 0 Å². The van der Waals surface area contributed by atoms with E-state index in [1.54, 1.807) is 11.9 Å². The molecule has 25 heavy (non-hydrogen) atoms. The first-order chi connectivity index (χ1) is 11.9. The molecule has 2 aromatic rings. The van der Waals surface area contributed by atoms with Crippen LogP contribution in [0.15, 0.2) is 53.0 Å². The Kier molecular flexibility index (Phi) is 6.58. The lowest BCUT2D eigenvalue weighted by molar-refractivity contribution is -0.120. The first kappa shape index (κ1) is 19.0. The summed E-state index contributed by atoms with van der Waals surface area (Å²) in [6.45, 7) is 3.58. The van der Waals surface area contributed by atoms with Crippen LogP contribution in [-0.4, -0.2) is 25.4 Å². The molecule has 1 unspecified atom stereocenters. The van der Waals surface area contributed by atoms with E-state index in [4.69, 9.17) is 0 Å². The normalized spacial score (nSPS) is 11.5. The van der Waals surface area contributed by atoms with Crippen molar-refractivity contribution in [2.45, 2.75) is 19.9 Å². The van der Waals surface area contributed by atoms with Crippen LogP contribution in [0.5, 0.6) is 0 Å². The van der Waals surface area contributed by atoms with Crippen molar-refractivity contribution in [1.82, 2.24) is 5.32 Å². The van der Waals surface area contributed by atoms with Crippen molar-refractivity contribution in [2.75, 3.05) is 23.8 Å². The molecule has 0 bridgehead atoms. The fourth-order valence-corrected chi connectivity index (χ4v) is 2.65. The number of amides is 2. The highest BCUT2D eigenvalue weighted by molar-refractivity contribution is 9.10. The highest BCUT2D eigenvalue weighted by Crippen LogP contribution is 2.24. The van der Waals surface area contributed by atoms with Crippen LogP contribution in [0.1, 0.15) is 25.5 Å². The lowest BCUT2D eigenvalue weighted by atomic mass is 10.1. The summed E-state index contributed by atoms with van der Waals surface area (Å²) in [6, 6.07) is 15.2. The SMILES string of the molecule is CC(=O)N(C)c1ccccc1NCC(=O)NC(C)c1ccc(Br)cc1. The molecule has 0 saturated heterocycles. The summed E-state index contributed by atoms with van der Waals surface area (Å²) in [5.74, 6) is -0.182. The van der Waals surface area contributed by atoms with Crippen molar-refractivity contribution >= 4 is 39.1 Å². The number of carbonyl (C=O) groups is 2. The molecule has 5 nitrogen and oxygen atoms in total. The molecule has 2 amide bonds. The second-order valence-corrected chi connectivity index (χ2v) is 6.71. The standard InChI is InChI=1S/C19H22BrN3O2/c1-13(15-8-10-16(20)11-9-15)22-19(25)12-21-17-6-4-5-7-18(17)23(3)14(2)24/h4-11,13,21H,12H2,1-3H3,(H,22,25). The molecule has 0 aromatic heterocycles. The lowest BCUT2D eigenvalue weighted by Gasteiger charge is -2.20. The second-order valence-electron chi connectivity index (χ2n) is 5.79. The maximum Gasteiger partial charge on any atom is 0.239 e. The molecule has 0 spiro atoms. The first-order valence-electron chi connectivity index (χ1n) is 8.00. The van der Waals surface area contributed by atoms with Gasteiger partial charge in [0.05, 0.1) is 24.0 Å². The van der Waals surface area contributed by atoms with Crippen molar-refractivity contribution in [2.24, 2.45) is 0 Å². The monoisotopic (exact) mass is 403 g/mol. The third kappa shape index (κ3) is 5.32. The summed E-state index contributed by atoms with van der Waals surface area (Å²) in [7, 11) is 1.71. The van der Waals surface area contributed by atoms with E-state index < -0.39 is 0 Å². The van der Waals surface area contributed by atoms with Crippen molar-refractivity contribution in [1.29, 1.82) is 0 Å². The molecule has 2 N–H and O–H groups in total. The van der Waals surface area contributed by atoms with Crippen LogP contribution in [0.4, 0.5) is 11.4 Å². The minimum atomic E-state index is -0.115. The van der Waals surface area contributed by atoms with Gasteiger partial charge < -0.3 is 15.5 Å². The maximum absolute atomic E-state index is 12.2. The Bertz CT molecular complexity index is 747. The van der Waals surface area contributed by atoms with Gasteiger partial charge in [-0.3, -0.25) is 9.59 Å². The van der Waals surface area contributed by atoms with Crippen molar-refractivity contribution in [3.8, 4) is 0 Å². The highest BCUT2D eigenvalue weighted by Gasteiger charge is 2.13. The Labute approximate surface area is 156 Å². The van der Waals surface area contributed by atoms with Crippen LogP contribution in [0.25, 0.3) is 0 Å². The number of hydrogen-bond donors (Lipinski definition) is 2. The summed E-state index contributed by atoms with van der Waals surface area (Å²) in [6.07, 6.45) is 0. The highest BCUT2D eigenvalue weighted by atomic mass is 79.9. The van der Waals surface area contributed by atoms with Gasteiger partial charge in [-0.05, 0) is 36.8 Å². The van der Waals surface area contributed by atoms with Gasteiger partial charge in [-0.15, -0.1) is 0 Å². The predicted molar refractivity (Wildman–Crippen MR) is 105 cm³/mol. The second kappa shape index (κ2) is 8.67. The molecular formula is C19H22BrN3O2. The number of benzene rings is 2. The summed E-state index contributed by atoms with van der Waals surface area (Å²) in [5, 5.41) is 6.06. The van der Waals surface area contributed by atoms with Crippen molar-refractivity contribution in [3.05, 3.63) is 58.6 Å². The maximum atomic E-state index is 12.2. The molecule has 6 heteroatoms. The Morgan fingerprint density at radius 1 is 1.12 bits per heavy atom. The molecule has 0 aliphatic rings. The Morgan fingerprint density at radius 2 is 1.76 bits per heavy atom. The molecule has 2 rings (SSSR count). The molecule has 0 heterocycles. The van der Waals surface area contributed by atoms with Crippen LogP contribution in [0.2, 0.25) is 0 Å². The molecule has 1 atom stereocenters. The minimum absolute atomic E-state index is 0.0671. The van der Waals surface area contributed by atoms with Gasteiger partial charge in [0, 0.05) is 18.4 Å². The van der Waals surface area contributed by atoms with Crippen LogP contribution >= 0.6 is 15.9 Å². The van der Waals surface area contributed by atoms with E-state index in [0.717, 1.165) is 21.4 Å². The van der Waals surface area contributed by atoms with Gasteiger partial charge in [0.2, 0.25) is 11.8 Å². The first-order valence-corrected chi connectivity index (χ1v) is 8.80. The molecule has 0 fully saturated rings. The Hall–Kier alpha value is -2.34. The van der Waals surface area contributed by atoms with E-state index in [1.165, 1.54) is 6.92 Å². The smallest absolute Gasteiger partial charge is 0.239 e. The third-order valence-corrected chi connectivity index (χ3v) is 4.45. The molecular weight excluding hydrogens is 382 g/mol. The molecule has 0 radical (unpaired) electrons. The number of rotatable bonds is 6. The van der Waals surface area contributed by atoms with Gasteiger partial charge in [0.15, 0.2) is 0 Å². The Morgan fingerprint density at radius 3 is 2.40 bits per heavy atom. The summed E-state index contributed by atoms with van der Waals surface area (Å²) in [4.78, 5) is 25.3. The molecule has 0 aliphatic carbocycles. The molecule has 2 aromatic carbocycles. The average molecular weight is 404 g/mol. The van der Waals surface area contributed by atoms with Gasteiger partial charge in [-0.1, -0.05) is 40.2 Å². The fraction of sp³-hybridized carbons (Fsp3) is 0.263. The van der Waals surface area contributed by atoms with Crippen molar-refractivity contribution < 1.29 is 9.59 Å². The summed E-state index contributed by atoms with van der Waals surface area (Å²) >= 11 is 3.40. The lowest BCUT2D eigenvalue weighted by Crippen LogP contribution is -2.32. The van der Waals surface area contributed by atoms with E-state index in [2.05, 4.69) is 26.6 Å². The number of halogens is 1. The van der Waals surface area contributed by atoms with E-state index in [-0.39, 0.29) is 24.4 Å². The number of hydrogen-bond acceptors (Lipinski definition) is 3. The van der Waals surface area contributed by atoms with Gasteiger partial charge in [-0.2, -0.15) is 0 Å². The molecule has 132 valence electrons. The average Bonchev–Trinajstić information content (AvgIpc) is 2.60. The zero-order valence-electron chi connectivity index (χ0n) is 14.5. The van der Waals surface area contributed by atoms with Gasteiger partial charge in [0.1, 0.15) is 0 Å². The number of para-hydroxylation sites is 2. The predicted octanol–water partition coefficient (Wildman–Crippen LogP) is 3.72. The van der Waals surface area contributed by atoms with E-state index in [9.17, 15) is 9.59 Å². The molecule has 0 aliphatic heterocycles. The van der Waals surface area contributed by atoms with Crippen LogP contribution in [0, 0.1) is 0 Å². The largest absolute Gasteiger partial charge is 0.374 e. The van der Waals surface area contributed by atoms with E-state index in [1.807, 2.05) is 55.5 Å². The zero-order valence-corrected chi connectivity index (χ0v) is 16.1. The number of carbonyl (C=O) groups excluding carboxylic acids is 2. The molecule has 0 saturated carbocycles. The topological polar surface area (TPSA) is 61.4 Å². The van der Waals surface area contributed by atoms with Crippen LogP contribution < -0.4 is 15.5 Å². The quantitative estimate of drug-likeness (QED) is 0.772. The zero-order chi connectivity index (χ0) is 18.4. The van der Waals surface area contributed by atoms with Gasteiger partial charge in [0.25, 0.3) is 0 Å². The van der Waals surface area contributed by atoms with Crippen LogP contribution in [0.3, 0.4) is 0 Å². The van der Waals surface area contributed by atoms with E-state index >= 15 is 0 Å². The summed E-state index contributed by atoms with van der Waals surface area (Å²) in [5.41, 5.74) is 2.52.